The van der Waals surface area contributed by atoms with E-state index in [1.807, 2.05) is 7.05 Å². The number of nitrogens with zero attached hydrogens (tertiary/aromatic N) is 2. The minimum atomic E-state index is 0.666. The standard InChI is InChI=1S/C24H36N4OS/c1-25-14-18-29-17-6-4-5-7-22(26-2)21-9-8-20(27-30-3)19-23(21)28-15-12-24(10-11-24)13-16-28/h4-5,7-9,19,25,27H,2,6,10-18H2,1,3H3/b5-4-,22-7-. The summed E-state index contributed by atoms with van der Waals surface area (Å²) in [5.41, 5.74) is 5.12. The lowest BCUT2D eigenvalue weighted by molar-refractivity contribution is 0.142. The molecule has 0 amide bonds. The number of rotatable bonds is 12. The predicted molar refractivity (Wildman–Crippen MR) is 133 cm³/mol. The van der Waals surface area contributed by atoms with E-state index in [-0.39, 0.29) is 0 Å². The van der Waals surface area contributed by atoms with Crippen LogP contribution in [0.15, 0.2) is 41.4 Å². The Labute approximate surface area is 186 Å². The van der Waals surface area contributed by atoms with Crippen molar-refractivity contribution in [3.63, 3.8) is 0 Å². The van der Waals surface area contributed by atoms with E-state index in [0.717, 1.165) is 56.2 Å². The highest BCUT2D eigenvalue weighted by Crippen LogP contribution is 2.54. The van der Waals surface area contributed by atoms with Crippen LogP contribution in [0.3, 0.4) is 0 Å². The van der Waals surface area contributed by atoms with Crippen LogP contribution < -0.4 is 14.9 Å². The van der Waals surface area contributed by atoms with Gasteiger partial charge in [0.25, 0.3) is 0 Å². The Morgan fingerprint density at radius 2 is 2.07 bits per heavy atom. The lowest BCUT2D eigenvalue weighted by Crippen LogP contribution is -2.35. The molecule has 1 aromatic carbocycles. The zero-order chi connectivity index (χ0) is 21.2. The van der Waals surface area contributed by atoms with Gasteiger partial charge in [-0.2, -0.15) is 0 Å². The SMILES string of the molecule is C=N/C(=C\C=C/CCOCCNC)c1ccc(NSC)cc1N1CCC2(CC1)CC2. The number of allylic oxidation sites excluding steroid dienone is 2. The predicted octanol–water partition coefficient (Wildman–Crippen LogP) is 4.98. The van der Waals surface area contributed by atoms with Gasteiger partial charge in [0.1, 0.15) is 0 Å². The van der Waals surface area contributed by atoms with Gasteiger partial charge in [-0.05, 0) is 75.6 Å². The van der Waals surface area contributed by atoms with Crippen molar-refractivity contribution in [3.05, 3.63) is 42.0 Å². The molecule has 2 aliphatic rings. The molecule has 6 heteroatoms. The van der Waals surface area contributed by atoms with Crippen LogP contribution in [-0.4, -0.2) is 52.9 Å². The summed E-state index contributed by atoms with van der Waals surface area (Å²) >= 11 is 1.62. The van der Waals surface area contributed by atoms with E-state index in [9.17, 15) is 0 Å². The van der Waals surface area contributed by atoms with Crippen molar-refractivity contribution >= 4 is 35.7 Å². The molecule has 0 unspecified atom stereocenters. The van der Waals surface area contributed by atoms with Crippen LogP contribution in [0.2, 0.25) is 0 Å². The van der Waals surface area contributed by atoms with Crippen LogP contribution >= 0.6 is 11.9 Å². The Balaban J connectivity index is 1.70. The Morgan fingerprint density at radius 3 is 2.73 bits per heavy atom. The fourth-order valence-electron chi connectivity index (χ4n) is 4.00. The van der Waals surface area contributed by atoms with Crippen molar-refractivity contribution in [1.29, 1.82) is 0 Å². The maximum atomic E-state index is 5.56. The first-order chi connectivity index (χ1) is 14.7. The van der Waals surface area contributed by atoms with E-state index in [1.54, 1.807) is 11.9 Å². The first-order valence-electron chi connectivity index (χ1n) is 11.0. The van der Waals surface area contributed by atoms with Gasteiger partial charge < -0.3 is 19.7 Å². The fourth-order valence-corrected chi connectivity index (χ4v) is 4.36. The number of ether oxygens (including phenoxy) is 1. The van der Waals surface area contributed by atoms with E-state index >= 15 is 0 Å². The van der Waals surface area contributed by atoms with Crippen molar-refractivity contribution in [3.8, 4) is 0 Å². The number of benzene rings is 1. The van der Waals surface area contributed by atoms with Gasteiger partial charge in [0.2, 0.25) is 0 Å². The van der Waals surface area contributed by atoms with Crippen molar-refractivity contribution in [2.75, 3.05) is 55.8 Å². The van der Waals surface area contributed by atoms with E-state index in [4.69, 9.17) is 4.74 Å². The van der Waals surface area contributed by atoms with Gasteiger partial charge in [-0.15, -0.1) is 0 Å². The highest BCUT2D eigenvalue weighted by atomic mass is 32.2. The number of anilines is 2. The lowest BCUT2D eigenvalue weighted by atomic mass is 9.92. The molecule has 1 saturated heterocycles. The van der Waals surface area contributed by atoms with Crippen molar-refractivity contribution < 1.29 is 4.74 Å². The van der Waals surface area contributed by atoms with Gasteiger partial charge in [0.05, 0.1) is 18.9 Å². The van der Waals surface area contributed by atoms with Gasteiger partial charge in [0.15, 0.2) is 0 Å². The topological polar surface area (TPSA) is 48.9 Å². The van der Waals surface area contributed by atoms with E-state index in [2.05, 4.69) is 69.3 Å². The number of hydrogen-bond donors (Lipinski definition) is 2. The maximum Gasteiger partial charge on any atom is 0.0715 e. The smallest absolute Gasteiger partial charge is 0.0715 e. The first kappa shape index (κ1) is 22.9. The average Bonchev–Trinajstić information content (AvgIpc) is 3.53. The normalized spacial score (nSPS) is 18.2. The summed E-state index contributed by atoms with van der Waals surface area (Å²) in [6, 6.07) is 6.56. The quantitative estimate of drug-likeness (QED) is 0.213. The zero-order valence-corrected chi connectivity index (χ0v) is 19.3. The summed E-state index contributed by atoms with van der Waals surface area (Å²) in [5.74, 6) is 0. The first-order valence-corrected chi connectivity index (χ1v) is 12.2. The van der Waals surface area contributed by atoms with Gasteiger partial charge in [0, 0.05) is 42.8 Å². The Morgan fingerprint density at radius 1 is 1.27 bits per heavy atom. The second-order valence-corrected chi connectivity index (χ2v) is 8.78. The molecule has 1 spiro atoms. The number of nitrogens with one attached hydrogen (secondary N) is 2. The van der Waals surface area contributed by atoms with Crippen LogP contribution in [0.25, 0.3) is 5.70 Å². The van der Waals surface area contributed by atoms with E-state index < -0.39 is 0 Å². The van der Waals surface area contributed by atoms with Gasteiger partial charge in [-0.1, -0.05) is 24.1 Å². The third-order valence-corrected chi connectivity index (χ3v) is 6.54. The van der Waals surface area contributed by atoms with Gasteiger partial charge in [-0.3, -0.25) is 4.99 Å². The molecule has 30 heavy (non-hydrogen) atoms. The lowest BCUT2D eigenvalue weighted by Gasteiger charge is -2.35. The molecule has 1 aliphatic heterocycles. The van der Waals surface area contributed by atoms with Crippen molar-refractivity contribution in [2.24, 2.45) is 10.4 Å². The minimum absolute atomic E-state index is 0.666. The average molecular weight is 429 g/mol. The molecule has 1 heterocycles. The molecule has 1 aliphatic carbocycles. The number of piperidine rings is 1. The van der Waals surface area contributed by atoms with Crippen LogP contribution in [0.5, 0.6) is 0 Å². The van der Waals surface area contributed by atoms with E-state index in [0.29, 0.717) is 5.41 Å². The summed E-state index contributed by atoms with van der Waals surface area (Å²) in [6.45, 7) is 8.46. The number of aliphatic imine (C=N–C) groups is 1. The molecule has 1 aromatic rings. The second kappa shape index (κ2) is 11.6. The largest absolute Gasteiger partial charge is 0.380 e. The molecule has 0 bridgehead atoms. The van der Waals surface area contributed by atoms with Crippen LogP contribution in [0, 0.1) is 5.41 Å². The number of hydrogen-bond acceptors (Lipinski definition) is 6. The third-order valence-electron chi connectivity index (χ3n) is 6.10. The molecular weight excluding hydrogens is 392 g/mol. The fraction of sp³-hybridized carbons (Fsp3) is 0.542. The summed E-state index contributed by atoms with van der Waals surface area (Å²) in [4.78, 5) is 6.89. The maximum absolute atomic E-state index is 5.56. The summed E-state index contributed by atoms with van der Waals surface area (Å²) in [6.07, 6.45) is 14.7. The van der Waals surface area contributed by atoms with E-state index in [1.165, 1.54) is 31.4 Å². The van der Waals surface area contributed by atoms with Crippen molar-refractivity contribution in [2.45, 2.75) is 32.1 Å². The Kier molecular flexibility index (Phi) is 8.85. The molecule has 5 nitrogen and oxygen atoms in total. The zero-order valence-electron chi connectivity index (χ0n) is 18.5. The molecule has 0 aromatic heterocycles. The Hall–Kier alpha value is -1.76. The van der Waals surface area contributed by atoms with Crippen molar-refractivity contribution in [1.82, 2.24) is 5.32 Å². The molecule has 3 rings (SSSR count). The molecule has 1 saturated carbocycles. The van der Waals surface area contributed by atoms with Crippen LogP contribution in [0.4, 0.5) is 11.4 Å². The summed E-state index contributed by atoms with van der Waals surface area (Å²) < 4.78 is 8.94. The molecule has 2 N–H and O–H groups in total. The second-order valence-electron chi connectivity index (χ2n) is 8.17. The molecular formula is C24H36N4OS. The van der Waals surface area contributed by atoms with Gasteiger partial charge >= 0.3 is 0 Å². The Bertz CT molecular complexity index is 748. The minimum Gasteiger partial charge on any atom is -0.380 e. The van der Waals surface area contributed by atoms with Crippen LogP contribution in [-0.2, 0) is 4.74 Å². The summed E-state index contributed by atoms with van der Waals surface area (Å²) in [5, 5.41) is 3.08. The highest BCUT2D eigenvalue weighted by molar-refractivity contribution is 7.99. The monoisotopic (exact) mass is 428 g/mol. The van der Waals surface area contributed by atoms with Crippen LogP contribution in [0.1, 0.15) is 37.7 Å². The highest BCUT2D eigenvalue weighted by Gasteiger charge is 2.44. The third kappa shape index (κ3) is 6.37. The summed E-state index contributed by atoms with van der Waals surface area (Å²) in [7, 11) is 1.93. The number of likely N-dealkylation sites (N-methyl/N-ethyl adjacent to an activating group) is 1. The molecule has 164 valence electrons. The molecule has 0 atom stereocenters. The molecule has 0 radical (unpaired) electrons. The van der Waals surface area contributed by atoms with Gasteiger partial charge in [-0.25, -0.2) is 0 Å². The molecule has 2 fully saturated rings.